The standard InChI is InChI=1S/C16H11N5/c17-9-14-13(11-3-6-19-7-4-11)8-15(21-16(14)18)12-2-1-5-20-10-12/h1-8,10H,(H2,18,21). The molecular formula is C16H11N5. The van der Waals surface area contributed by atoms with Crippen molar-refractivity contribution in [2.24, 2.45) is 0 Å². The summed E-state index contributed by atoms with van der Waals surface area (Å²) in [6.45, 7) is 0. The predicted octanol–water partition coefficient (Wildman–Crippen LogP) is 2.66. The van der Waals surface area contributed by atoms with Crippen molar-refractivity contribution in [3.05, 3.63) is 60.7 Å². The molecule has 0 amide bonds. The molecule has 0 aliphatic carbocycles. The highest BCUT2D eigenvalue weighted by Crippen LogP contribution is 2.30. The van der Waals surface area contributed by atoms with Gasteiger partial charge in [0.25, 0.3) is 0 Å². The summed E-state index contributed by atoms with van der Waals surface area (Å²) in [5, 5.41) is 9.32. The van der Waals surface area contributed by atoms with Gasteiger partial charge >= 0.3 is 0 Å². The van der Waals surface area contributed by atoms with E-state index in [0.29, 0.717) is 11.3 Å². The van der Waals surface area contributed by atoms with Crippen molar-refractivity contribution in [1.29, 1.82) is 5.26 Å². The molecule has 0 spiro atoms. The van der Waals surface area contributed by atoms with E-state index >= 15 is 0 Å². The van der Waals surface area contributed by atoms with Gasteiger partial charge in [-0.15, -0.1) is 0 Å². The van der Waals surface area contributed by atoms with Crippen LogP contribution in [0.3, 0.4) is 0 Å². The van der Waals surface area contributed by atoms with Gasteiger partial charge in [-0.05, 0) is 35.9 Å². The third kappa shape index (κ3) is 2.42. The Balaban J connectivity index is 2.24. The minimum absolute atomic E-state index is 0.214. The van der Waals surface area contributed by atoms with Crippen LogP contribution in [-0.4, -0.2) is 15.0 Å². The molecule has 3 rings (SSSR count). The smallest absolute Gasteiger partial charge is 0.142 e. The molecule has 3 aromatic heterocycles. The van der Waals surface area contributed by atoms with Crippen molar-refractivity contribution in [3.8, 4) is 28.5 Å². The third-order valence-electron chi connectivity index (χ3n) is 3.11. The van der Waals surface area contributed by atoms with E-state index in [-0.39, 0.29) is 5.82 Å². The summed E-state index contributed by atoms with van der Waals surface area (Å²) in [5.74, 6) is 0.214. The second kappa shape index (κ2) is 5.39. The first-order chi connectivity index (χ1) is 10.3. The number of hydrogen-bond acceptors (Lipinski definition) is 5. The molecule has 0 aliphatic rings. The fraction of sp³-hybridized carbons (Fsp3) is 0. The molecule has 0 bridgehead atoms. The van der Waals surface area contributed by atoms with E-state index in [0.717, 1.165) is 16.7 Å². The van der Waals surface area contributed by atoms with Gasteiger partial charge in [0, 0.05) is 35.9 Å². The Morgan fingerprint density at radius 3 is 2.48 bits per heavy atom. The molecule has 0 radical (unpaired) electrons. The molecular weight excluding hydrogens is 262 g/mol. The van der Waals surface area contributed by atoms with Crippen molar-refractivity contribution < 1.29 is 0 Å². The second-order valence-electron chi connectivity index (χ2n) is 4.40. The summed E-state index contributed by atoms with van der Waals surface area (Å²) in [5.41, 5.74) is 9.46. The molecule has 100 valence electrons. The quantitative estimate of drug-likeness (QED) is 0.775. The first-order valence-corrected chi connectivity index (χ1v) is 6.31. The topological polar surface area (TPSA) is 88.5 Å². The van der Waals surface area contributed by atoms with Gasteiger partial charge in [0.2, 0.25) is 0 Å². The van der Waals surface area contributed by atoms with Crippen molar-refractivity contribution >= 4 is 5.82 Å². The van der Waals surface area contributed by atoms with Gasteiger partial charge < -0.3 is 5.73 Å². The zero-order valence-electron chi connectivity index (χ0n) is 11.1. The molecule has 3 aromatic rings. The highest BCUT2D eigenvalue weighted by atomic mass is 14.8. The van der Waals surface area contributed by atoms with Crippen LogP contribution in [0, 0.1) is 11.3 Å². The van der Waals surface area contributed by atoms with Gasteiger partial charge in [-0.1, -0.05) is 0 Å². The zero-order valence-corrected chi connectivity index (χ0v) is 11.1. The first-order valence-electron chi connectivity index (χ1n) is 6.31. The number of anilines is 1. The fourth-order valence-corrected chi connectivity index (χ4v) is 2.10. The number of rotatable bonds is 2. The van der Waals surface area contributed by atoms with Crippen LogP contribution >= 0.6 is 0 Å². The number of nitrogen functional groups attached to an aromatic ring is 1. The average molecular weight is 273 g/mol. The lowest BCUT2D eigenvalue weighted by Crippen LogP contribution is -1.99. The van der Waals surface area contributed by atoms with Crippen molar-refractivity contribution in [1.82, 2.24) is 15.0 Å². The minimum Gasteiger partial charge on any atom is -0.383 e. The second-order valence-corrected chi connectivity index (χ2v) is 4.40. The number of hydrogen-bond donors (Lipinski definition) is 1. The lowest BCUT2D eigenvalue weighted by molar-refractivity contribution is 1.27. The van der Waals surface area contributed by atoms with Crippen molar-refractivity contribution in [2.45, 2.75) is 0 Å². The van der Waals surface area contributed by atoms with Crippen molar-refractivity contribution in [2.75, 3.05) is 5.73 Å². The van der Waals surface area contributed by atoms with Crippen LogP contribution < -0.4 is 5.73 Å². The third-order valence-corrected chi connectivity index (χ3v) is 3.11. The van der Waals surface area contributed by atoms with Crippen LogP contribution in [-0.2, 0) is 0 Å². The largest absolute Gasteiger partial charge is 0.383 e. The summed E-state index contributed by atoms with van der Waals surface area (Å²) in [4.78, 5) is 12.4. The van der Waals surface area contributed by atoms with Gasteiger partial charge in [0.05, 0.1) is 5.69 Å². The normalized spacial score (nSPS) is 10.0. The summed E-state index contributed by atoms with van der Waals surface area (Å²) in [6.07, 6.45) is 6.76. The molecule has 5 nitrogen and oxygen atoms in total. The highest BCUT2D eigenvalue weighted by Gasteiger charge is 2.13. The Labute approximate surface area is 121 Å². The van der Waals surface area contributed by atoms with Gasteiger partial charge in [0.1, 0.15) is 17.5 Å². The molecule has 3 heterocycles. The number of nitrogens with two attached hydrogens (primary N) is 1. The van der Waals surface area contributed by atoms with Crippen LogP contribution in [0.1, 0.15) is 5.56 Å². The summed E-state index contributed by atoms with van der Waals surface area (Å²) >= 11 is 0. The van der Waals surface area contributed by atoms with E-state index in [9.17, 15) is 5.26 Å². The van der Waals surface area contributed by atoms with Crippen LogP contribution in [0.2, 0.25) is 0 Å². The molecule has 0 unspecified atom stereocenters. The summed E-state index contributed by atoms with van der Waals surface area (Å²) < 4.78 is 0. The molecule has 0 saturated carbocycles. The maximum atomic E-state index is 9.32. The maximum absolute atomic E-state index is 9.32. The SMILES string of the molecule is N#Cc1c(-c2ccncc2)cc(-c2cccnc2)nc1N. The molecule has 0 fully saturated rings. The van der Waals surface area contributed by atoms with E-state index in [2.05, 4.69) is 21.0 Å². The number of pyridine rings is 3. The highest BCUT2D eigenvalue weighted by molar-refractivity contribution is 5.79. The van der Waals surface area contributed by atoms with E-state index < -0.39 is 0 Å². The van der Waals surface area contributed by atoms with Crippen molar-refractivity contribution in [3.63, 3.8) is 0 Å². The van der Waals surface area contributed by atoms with E-state index in [1.54, 1.807) is 24.8 Å². The average Bonchev–Trinajstić information content (AvgIpc) is 2.55. The molecule has 0 atom stereocenters. The van der Waals surface area contributed by atoms with Crippen LogP contribution in [0.15, 0.2) is 55.1 Å². The zero-order chi connectivity index (χ0) is 14.7. The van der Waals surface area contributed by atoms with Gasteiger partial charge in [-0.3, -0.25) is 9.97 Å². The Bertz CT molecular complexity index is 807. The lowest BCUT2D eigenvalue weighted by Gasteiger charge is -2.09. The Morgan fingerprint density at radius 2 is 1.81 bits per heavy atom. The first kappa shape index (κ1) is 12.8. The van der Waals surface area contributed by atoms with Crippen LogP contribution in [0.5, 0.6) is 0 Å². The molecule has 0 saturated heterocycles. The molecule has 2 N–H and O–H groups in total. The Kier molecular flexibility index (Phi) is 3.27. The lowest BCUT2D eigenvalue weighted by atomic mass is 10.00. The Hall–Kier alpha value is -3.26. The number of aromatic nitrogens is 3. The summed E-state index contributed by atoms with van der Waals surface area (Å²) in [7, 11) is 0. The van der Waals surface area contributed by atoms with E-state index in [4.69, 9.17) is 5.73 Å². The van der Waals surface area contributed by atoms with E-state index in [1.165, 1.54) is 0 Å². The van der Waals surface area contributed by atoms with Crippen LogP contribution in [0.4, 0.5) is 5.82 Å². The number of nitrogens with zero attached hydrogens (tertiary/aromatic N) is 4. The molecule has 5 heteroatoms. The minimum atomic E-state index is 0.214. The maximum Gasteiger partial charge on any atom is 0.142 e. The summed E-state index contributed by atoms with van der Waals surface area (Å²) in [6, 6.07) is 11.4. The molecule has 0 aromatic carbocycles. The van der Waals surface area contributed by atoms with Gasteiger partial charge in [0.15, 0.2) is 0 Å². The predicted molar refractivity (Wildman–Crippen MR) is 79.8 cm³/mol. The monoisotopic (exact) mass is 273 g/mol. The van der Waals surface area contributed by atoms with Crippen LogP contribution in [0.25, 0.3) is 22.4 Å². The molecule has 0 aliphatic heterocycles. The molecule has 21 heavy (non-hydrogen) atoms. The van der Waals surface area contributed by atoms with Gasteiger partial charge in [-0.2, -0.15) is 5.26 Å². The van der Waals surface area contributed by atoms with Gasteiger partial charge in [-0.25, -0.2) is 4.98 Å². The Morgan fingerprint density at radius 1 is 1.00 bits per heavy atom. The fourth-order valence-electron chi connectivity index (χ4n) is 2.10. The number of nitriles is 1. The van der Waals surface area contributed by atoms with E-state index in [1.807, 2.05) is 30.3 Å².